The van der Waals surface area contributed by atoms with E-state index in [0.29, 0.717) is 5.56 Å². The molecule has 1 aliphatic heterocycles. The maximum Gasteiger partial charge on any atom is 0.414 e. The quantitative estimate of drug-likeness (QED) is 0.690. The van der Waals surface area contributed by atoms with Gasteiger partial charge in [0.25, 0.3) is 5.91 Å². The number of benzene rings is 2. The van der Waals surface area contributed by atoms with E-state index >= 15 is 0 Å². The highest BCUT2D eigenvalue weighted by Gasteiger charge is 2.22. The van der Waals surface area contributed by atoms with Crippen molar-refractivity contribution in [3.05, 3.63) is 59.7 Å². The molecular weight excluding hydrogens is 404 g/mol. The summed E-state index contributed by atoms with van der Waals surface area (Å²) in [5.41, 5.74) is 1.89. The molecule has 1 aliphatic rings. The summed E-state index contributed by atoms with van der Waals surface area (Å²) in [6, 6.07) is 15.4. The third kappa shape index (κ3) is 7.00. The first-order chi connectivity index (χ1) is 14.8. The van der Waals surface area contributed by atoms with Gasteiger partial charge in [-0.05, 0) is 30.3 Å². The third-order valence-corrected chi connectivity index (χ3v) is 4.77. The molecule has 1 heterocycles. The molecule has 0 aromatic heterocycles. The molecule has 3 rings (SSSR count). The average Bonchev–Trinajstić information content (AvgIpc) is 2.80. The van der Waals surface area contributed by atoms with E-state index < -0.39 is 11.9 Å². The van der Waals surface area contributed by atoms with E-state index in [9.17, 15) is 4.79 Å². The number of aliphatic carboxylic acids is 2. The van der Waals surface area contributed by atoms with Crippen LogP contribution in [-0.2, 0) is 16.1 Å². The van der Waals surface area contributed by atoms with Gasteiger partial charge in [-0.1, -0.05) is 18.2 Å². The summed E-state index contributed by atoms with van der Waals surface area (Å²) in [4.78, 5) is 35.1. The van der Waals surface area contributed by atoms with Crippen molar-refractivity contribution in [2.45, 2.75) is 6.54 Å². The molecule has 1 fully saturated rings. The van der Waals surface area contributed by atoms with Gasteiger partial charge in [0.15, 0.2) is 0 Å². The molecule has 31 heavy (non-hydrogen) atoms. The van der Waals surface area contributed by atoms with Crippen molar-refractivity contribution >= 4 is 17.8 Å². The standard InChI is InChI=1S/C20H24N2O3.C2H2O4/c1-24-18-9-7-16(8-10-18)20(23)22-13-11-21(12-14-22)15-17-5-3-4-6-19(17)25-2;3-1(4)2(5)6/h3-10H,11-15H2,1-2H3;(H,3,4)(H,5,6). The minimum absolute atomic E-state index is 0.0830. The van der Waals surface area contributed by atoms with E-state index in [4.69, 9.17) is 29.3 Å². The summed E-state index contributed by atoms with van der Waals surface area (Å²) in [6.07, 6.45) is 0. The summed E-state index contributed by atoms with van der Waals surface area (Å²) in [7, 11) is 3.32. The first-order valence-electron chi connectivity index (χ1n) is 9.59. The molecule has 2 aromatic rings. The van der Waals surface area contributed by atoms with Crippen LogP contribution in [0.1, 0.15) is 15.9 Å². The van der Waals surface area contributed by atoms with Gasteiger partial charge < -0.3 is 24.6 Å². The molecule has 0 unspecified atom stereocenters. The second kappa shape index (κ2) is 11.6. The number of ether oxygens (including phenoxy) is 2. The second-order valence-electron chi connectivity index (χ2n) is 6.72. The Bertz CT molecular complexity index is 879. The Morgan fingerprint density at radius 3 is 1.94 bits per heavy atom. The summed E-state index contributed by atoms with van der Waals surface area (Å²) in [5, 5.41) is 14.8. The molecule has 0 radical (unpaired) electrons. The van der Waals surface area contributed by atoms with E-state index in [1.54, 1.807) is 14.2 Å². The van der Waals surface area contributed by atoms with Crippen molar-refractivity contribution < 1.29 is 34.1 Å². The van der Waals surface area contributed by atoms with E-state index in [0.717, 1.165) is 44.2 Å². The number of carbonyl (C=O) groups is 3. The summed E-state index contributed by atoms with van der Waals surface area (Å²) in [6.45, 7) is 4.04. The number of nitrogens with zero attached hydrogens (tertiary/aromatic N) is 2. The van der Waals surface area contributed by atoms with Crippen LogP contribution in [0.3, 0.4) is 0 Å². The predicted molar refractivity (Wildman–Crippen MR) is 112 cm³/mol. The number of hydrogen-bond donors (Lipinski definition) is 2. The minimum atomic E-state index is -1.82. The highest BCUT2D eigenvalue weighted by Crippen LogP contribution is 2.20. The Labute approximate surface area is 180 Å². The number of methoxy groups -OCH3 is 2. The smallest absolute Gasteiger partial charge is 0.414 e. The number of carboxylic acid groups (broad SMARTS) is 2. The zero-order valence-electron chi connectivity index (χ0n) is 17.5. The van der Waals surface area contributed by atoms with E-state index in [2.05, 4.69) is 11.0 Å². The molecule has 0 aliphatic carbocycles. The molecule has 9 nitrogen and oxygen atoms in total. The molecule has 1 amide bonds. The second-order valence-corrected chi connectivity index (χ2v) is 6.72. The Hall–Kier alpha value is -3.59. The van der Waals surface area contributed by atoms with Crippen molar-refractivity contribution in [3.63, 3.8) is 0 Å². The molecule has 2 N–H and O–H groups in total. The normalized spacial score (nSPS) is 13.5. The van der Waals surface area contributed by atoms with E-state index in [1.165, 1.54) is 5.56 Å². The molecule has 0 atom stereocenters. The van der Waals surface area contributed by atoms with E-state index in [1.807, 2.05) is 47.4 Å². The summed E-state index contributed by atoms with van der Waals surface area (Å²) < 4.78 is 10.6. The summed E-state index contributed by atoms with van der Waals surface area (Å²) in [5.74, 6) is -1.89. The van der Waals surface area contributed by atoms with Gasteiger partial charge in [-0.25, -0.2) is 9.59 Å². The van der Waals surface area contributed by atoms with Gasteiger partial charge in [0.1, 0.15) is 11.5 Å². The van der Waals surface area contributed by atoms with Crippen LogP contribution in [0.4, 0.5) is 0 Å². The lowest BCUT2D eigenvalue weighted by Crippen LogP contribution is -2.48. The highest BCUT2D eigenvalue weighted by molar-refractivity contribution is 6.27. The fourth-order valence-electron chi connectivity index (χ4n) is 3.10. The van der Waals surface area contributed by atoms with Gasteiger partial charge in [-0.3, -0.25) is 9.69 Å². The van der Waals surface area contributed by atoms with Gasteiger partial charge in [-0.15, -0.1) is 0 Å². The van der Waals surface area contributed by atoms with Crippen LogP contribution < -0.4 is 9.47 Å². The SMILES string of the molecule is COc1ccc(C(=O)N2CCN(Cc3ccccc3OC)CC2)cc1.O=C(O)C(=O)O. The topological polar surface area (TPSA) is 117 Å². The molecule has 0 bridgehead atoms. The monoisotopic (exact) mass is 430 g/mol. The number of rotatable bonds is 5. The zero-order chi connectivity index (χ0) is 22.8. The van der Waals surface area contributed by atoms with Crippen molar-refractivity contribution in [2.75, 3.05) is 40.4 Å². The molecule has 1 saturated heterocycles. The predicted octanol–water partition coefficient (Wildman–Crippen LogP) is 1.82. The molecule has 9 heteroatoms. The van der Waals surface area contributed by atoms with Crippen LogP contribution in [0.25, 0.3) is 0 Å². The number of piperazine rings is 1. The van der Waals surface area contributed by atoms with Crippen LogP contribution in [-0.4, -0.2) is 78.3 Å². The van der Waals surface area contributed by atoms with Crippen LogP contribution in [0, 0.1) is 0 Å². The van der Waals surface area contributed by atoms with Crippen molar-refractivity contribution in [1.29, 1.82) is 0 Å². The average molecular weight is 430 g/mol. The number of amides is 1. The van der Waals surface area contributed by atoms with Crippen LogP contribution in [0.15, 0.2) is 48.5 Å². The molecular formula is C22H26N2O7. The fraction of sp³-hybridized carbons (Fsp3) is 0.318. The van der Waals surface area contributed by atoms with Crippen molar-refractivity contribution in [2.24, 2.45) is 0 Å². The van der Waals surface area contributed by atoms with E-state index in [-0.39, 0.29) is 5.91 Å². The zero-order valence-corrected chi connectivity index (χ0v) is 17.5. The Kier molecular flexibility index (Phi) is 8.83. The van der Waals surface area contributed by atoms with Gasteiger partial charge in [0, 0.05) is 43.9 Å². The summed E-state index contributed by atoms with van der Waals surface area (Å²) >= 11 is 0. The number of carboxylic acids is 2. The number of hydrogen-bond acceptors (Lipinski definition) is 6. The highest BCUT2D eigenvalue weighted by atomic mass is 16.5. The van der Waals surface area contributed by atoms with Gasteiger partial charge >= 0.3 is 11.9 Å². The first-order valence-corrected chi connectivity index (χ1v) is 9.59. The van der Waals surface area contributed by atoms with Crippen molar-refractivity contribution in [1.82, 2.24) is 9.80 Å². The minimum Gasteiger partial charge on any atom is -0.497 e. The molecule has 2 aromatic carbocycles. The van der Waals surface area contributed by atoms with Crippen LogP contribution >= 0.6 is 0 Å². The molecule has 166 valence electrons. The lowest BCUT2D eigenvalue weighted by Gasteiger charge is -2.35. The van der Waals surface area contributed by atoms with Gasteiger partial charge in [0.05, 0.1) is 14.2 Å². The molecule has 0 saturated carbocycles. The first kappa shape index (κ1) is 23.7. The van der Waals surface area contributed by atoms with Gasteiger partial charge in [0.2, 0.25) is 0 Å². The van der Waals surface area contributed by atoms with Crippen molar-refractivity contribution in [3.8, 4) is 11.5 Å². The fourth-order valence-corrected chi connectivity index (χ4v) is 3.10. The maximum absolute atomic E-state index is 12.6. The van der Waals surface area contributed by atoms with Crippen LogP contribution in [0.2, 0.25) is 0 Å². The van der Waals surface area contributed by atoms with Gasteiger partial charge in [-0.2, -0.15) is 0 Å². The third-order valence-electron chi connectivity index (χ3n) is 4.77. The number of para-hydroxylation sites is 1. The molecule has 0 spiro atoms. The lowest BCUT2D eigenvalue weighted by atomic mass is 10.1. The van der Waals surface area contributed by atoms with Crippen LogP contribution in [0.5, 0.6) is 11.5 Å². The maximum atomic E-state index is 12.6. The Morgan fingerprint density at radius 2 is 1.42 bits per heavy atom. The largest absolute Gasteiger partial charge is 0.497 e. The Balaban J connectivity index is 0.000000501. The lowest BCUT2D eigenvalue weighted by molar-refractivity contribution is -0.159. The number of carbonyl (C=O) groups excluding carboxylic acids is 1. The Morgan fingerprint density at radius 1 is 0.839 bits per heavy atom.